The Kier molecular flexibility index (Phi) is 5.51. The van der Waals surface area contributed by atoms with Crippen LogP contribution in [-0.4, -0.2) is 30.2 Å². The van der Waals surface area contributed by atoms with Crippen LogP contribution in [0.4, 0.5) is 0 Å². The van der Waals surface area contributed by atoms with E-state index in [1.54, 1.807) is 4.85 Å². The molecule has 3 aromatic carbocycles. The molecular formula is C29H32N6O. The van der Waals surface area contributed by atoms with Crippen molar-refractivity contribution in [1.82, 2.24) is 30.2 Å². The molecule has 36 heavy (non-hydrogen) atoms. The van der Waals surface area contributed by atoms with E-state index >= 15 is 0 Å². The maximum atomic E-state index is 6.68. The summed E-state index contributed by atoms with van der Waals surface area (Å²) in [7, 11) is 0. The van der Waals surface area contributed by atoms with Crippen molar-refractivity contribution >= 4 is 22.1 Å². The summed E-state index contributed by atoms with van der Waals surface area (Å²) in [4.78, 5) is 8.27. The lowest BCUT2D eigenvalue weighted by molar-refractivity contribution is 0.178. The molecule has 2 aromatic heterocycles. The lowest BCUT2D eigenvalue weighted by Gasteiger charge is -2.26. The van der Waals surface area contributed by atoms with E-state index in [-0.39, 0.29) is 6.04 Å². The monoisotopic (exact) mass is 480 g/mol. The fraction of sp³-hybridized carbons (Fsp3) is 0.379. The first-order valence-corrected chi connectivity index (χ1v) is 12.9. The van der Waals surface area contributed by atoms with Crippen LogP contribution in [0.2, 0.25) is 0 Å². The summed E-state index contributed by atoms with van der Waals surface area (Å²) < 4.78 is 2.11. The number of hydrogen-bond acceptors (Lipinski definition) is 5. The van der Waals surface area contributed by atoms with Gasteiger partial charge in [-0.1, -0.05) is 47.7 Å². The van der Waals surface area contributed by atoms with Gasteiger partial charge in [0.05, 0.1) is 11.6 Å². The van der Waals surface area contributed by atoms with Crippen LogP contribution in [0.15, 0.2) is 36.4 Å². The summed E-state index contributed by atoms with van der Waals surface area (Å²) in [6.07, 6.45) is 4.76. The molecular weight excluding hydrogens is 448 g/mol. The van der Waals surface area contributed by atoms with E-state index < -0.39 is 0 Å². The van der Waals surface area contributed by atoms with Crippen molar-refractivity contribution in [3.8, 4) is 5.75 Å². The average molecular weight is 481 g/mol. The molecule has 0 N–H and O–H groups in total. The normalized spacial score (nSPS) is 15.8. The summed E-state index contributed by atoms with van der Waals surface area (Å²) in [5.74, 6) is 0.834. The Bertz CT molecular complexity index is 1610. The molecule has 5 aromatic rings. The standard InChI is InChI=1S/C29H32N6O/c1-6-10-23-26-19(4)17(2)18(3)20(5)29(26)36-35-25-16-9-14-22(28(25)31-33-35)12-7-11-21-13-8-15-24-27(21)30-32-34(23)24/h8-9,13-16,23H,6-7,10-12H2,1-5H3. The van der Waals surface area contributed by atoms with Crippen LogP contribution in [0.5, 0.6) is 5.75 Å². The van der Waals surface area contributed by atoms with Gasteiger partial charge in [0.25, 0.3) is 0 Å². The zero-order valence-electron chi connectivity index (χ0n) is 21.7. The molecule has 0 aliphatic carbocycles. The lowest BCUT2D eigenvalue weighted by atomic mass is 9.88. The average Bonchev–Trinajstić information content (AvgIpc) is 3.50. The molecule has 1 atom stereocenters. The first-order valence-electron chi connectivity index (χ1n) is 12.9. The fourth-order valence-electron chi connectivity index (χ4n) is 5.75. The lowest BCUT2D eigenvalue weighted by Crippen LogP contribution is -2.19. The second kappa shape index (κ2) is 8.73. The molecule has 184 valence electrons. The highest BCUT2D eigenvalue weighted by Gasteiger charge is 2.28. The number of benzene rings is 3. The van der Waals surface area contributed by atoms with Crippen LogP contribution >= 0.6 is 0 Å². The molecule has 1 unspecified atom stereocenters. The minimum absolute atomic E-state index is 0.0151. The van der Waals surface area contributed by atoms with Gasteiger partial charge >= 0.3 is 0 Å². The maximum absolute atomic E-state index is 6.68. The molecule has 0 saturated heterocycles. The highest BCUT2D eigenvalue weighted by atomic mass is 16.7. The van der Waals surface area contributed by atoms with Crippen LogP contribution in [0.25, 0.3) is 22.1 Å². The van der Waals surface area contributed by atoms with Gasteiger partial charge in [-0.25, -0.2) is 4.68 Å². The van der Waals surface area contributed by atoms with Gasteiger partial charge in [0.15, 0.2) is 5.75 Å². The smallest absolute Gasteiger partial charge is 0.166 e. The van der Waals surface area contributed by atoms with Gasteiger partial charge in [-0.15, -0.1) is 10.2 Å². The Morgan fingerprint density at radius 1 is 0.806 bits per heavy atom. The van der Waals surface area contributed by atoms with E-state index in [4.69, 9.17) is 15.1 Å². The first kappa shape index (κ1) is 22.7. The topological polar surface area (TPSA) is 70.7 Å². The zero-order valence-corrected chi connectivity index (χ0v) is 21.7. The van der Waals surface area contributed by atoms with Crippen LogP contribution < -0.4 is 4.84 Å². The fourth-order valence-corrected chi connectivity index (χ4v) is 5.75. The van der Waals surface area contributed by atoms with Crippen molar-refractivity contribution in [2.24, 2.45) is 0 Å². The van der Waals surface area contributed by atoms with E-state index in [1.807, 2.05) is 6.07 Å². The molecule has 3 heterocycles. The molecule has 0 fully saturated rings. The predicted octanol–water partition coefficient (Wildman–Crippen LogP) is 6.13. The number of aromatic nitrogens is 6. The molecule has 1 aliphatic rings. The number of fused-ring (bicyclic) bond motifs is 1. The van der Waals surface area contributed by atoms with E-state index in [1.165, 1.54) is 27.8 Å². The minimum Gasteiger partial charge on any atom is -0.355 e. The van der Waals surface area contributed by atoms with Crippen molar-refractivity contribution in [2.45, 2.75) is 72.8 Å². The molecule has 0 amide bonds. The van der Waals surface area contributed by atoms with Gasteiger partial charge in [-0.2, -0.15) is 0 Å². The number of nitrogens with zero attached hydrogens (tertiary/aromatic N) is 6. The summed E-state index contributed by atoms with van der Waals surface area (Å²) >= 11 is 0. The van der Waals surface area contributed by atoms with E-state index in [9.17, 15) is 0 Å². The van der Waals surface area contributed by atoms with E-state index in [2.05, 4.69) is 79.9 Å². The Balaban J connectivity index is 1.69. The quantitative estimate of drug-likeness (QED) is 0.304. The SMILES string of the molecule is CCCC1c2c(C)c(C)c(C)c(C)c2On2nnc3c(cccc32)CCCc2cccc3c2nnn31. The third-order valence-corrected chi connectivity index (χ3v) is 8.05. The largest absolute Gasteiger partial charge is 0.355 e. The predicted molar refractivity (Wildman–Crippen MR) is 142 cm³/mol. The van der Waals surface area contributed by atoms with E-state index in [0.717, 1.165) is 71.0 Å². The Morgan fingerprint density at radius 3 is 2.17 bits per heavy atom. The summed E-state index contributed by atoms with van der Waals surface area (Å²) in [5.41, 5.74) is 12.3. The second-order valence-electron chi connectivity index (χ2n) is 10.1. The summed E-state index contributed by atoms with van der Waals surface area (Å²) in [5, 5.41) is 18.4. The van der Waals surface area contributed by atoms with Crippen molar-refractivity contribution in [2.75, 3.05) is 0 Å². The molecule has 0 spiro atoms. The van der Waals surface area contributed by atoms with Gasteiger partial charge in [0, 0.05) is 5.56 Å². The molecule has 8 bridgehead atoms. The van der Waals surface area contributed by atoms with Crippen molar-refractivity contribution in [3.05, 3.63) is 75.3 Å². The van der Waals surface area contributed by atoms with Crippen molar-refractivity contribution in [1.29, 1.82) is 0 Å². The Labute approximate surface area is 211 Å². The van der Waals surface area contributed by atoms with Gasteiger partial charge in [-0.05, 0) is 104 Å². The van der Waals surface area contributed by atoms with Crippen LogP contribution in [0.1, 0.15) is 71.2 Å². The molecule has 7 heteroatoms. The maximum Gasteiger partial charge on any atom is 0.166 e. The zero-order chi connectivity index (χ0) is 25.0. The summed E-state index contributed by atoms with van der Waals surface area (Å²) in [6, 6.07) is 12.7. The summed E-state index contributed by atoms with van der Waals surface area (Å²) in [6.45, 7) is 10.9. The van der Waals surface area contributed by atoms with Gasteiger partial charge in [0.1, 0.15) is 16.6 Å². The number of hydrogen-bond donors (Lipinski definition) is 0. The Morgan fingerprint density at radius 2 is 1.44 bits per heavy atom. The molecule has 6 rings (SSSR count). The molecule has 7 nitrogen and oxygen atoms in total. The van der Waals surface area contributed by atoms with Gasteiger partial charge in [-0.3, -0.25) is 0 Å². The van der Waals surface area contributed by atoms with E-state index in [0.29, 0.717) is 0 Å². The molecule has 0 saturated carbocycles. The number of rotatable bonds is 2. The second-order valence-corrected chi connectivity index (χ2v) is 10.1. The highest BCUT2D eigenvalue weighted by molar-refractivity contribution is 5.79. The van der Waals surface area contributed by atoms with Crippen molar-refractivity contribution in [3.63, 3.8) is 0 Å². The minimum atomic E-state index is -0.0151. The van der Waals surface area contributed by atoms with Gasteiger partial charge in [0.2, 0.25) is 0 Å². The van der Waals surface area contributed by atoms with Crippen LogP contribution in [0.3, 0.4) is 0 Å². The third kappa shape index (κ3) is 3.40. The highest BCUT2D eigenvalue weighted by Crippen LogP contribution is 2.41. The third-order valence-electron chi connectivity index (χ3n) is 8.05. The van der Waals surface area contributed by atoms with Crippen molar-refractivity contribution < 1.29 is 4.84 Å². The van der Waals surface area contributed by atoms with Crippen LogP contribution in [-0.2, 0) is 12.8 Å². The van der Waals surface area contributed by atoms with Crippen LogP contribution in [0, 0.1) is 27.7 Å². The number of aryl methyl sites for hydroxylation is 2. The Hall–Kier alpha value is -3.74. The molecule has 1 aliphatic heterocycles. The first-order chi connectivity index (χ1) is 17.5. The van der Waals surface area contributed by atoms with Gasteiger partial charge < -0.3 is 4.84 Å². The molecule has 0 radical (unpaired) electrons.